The zero-order valence-corrected chi connectivity index (χ0v) is 18.9. The summed E-state index contributed by atoms with van der Waals surface area (Å²) in [7, 11) is -3.56. The fourth-order valence-electron chi connectivity index (χ4n) is 3.72. The number of carbonyl (C=O) groups excluding carboxylic acids is 1. The van der Waals surface area contributed by atoms with Gasteiger partial charge in [-0.2, -0.15) is 4.31 Å². The highest BCUT2D eigenvalue weighted by molar-refractivity contribution is 7.89. The van der Waals surface area contributed by atoms with E-state index in [2.05, 4.69) is 5.32 Å². The Balaban J connectivity index is 1.48. The Labute approximate surface area is 188 Å². The van der Waals surface area contributed by atoms with Gasteiger partial charge in [0, 0.05) is 24.3 Å². The molecule has 7 heteroatoms. The number of amides is 1. The van der Waals surface area contributed by atoms with E-state index in [1.165, 1.54) is 4.31 Å². The van der Waals surface area contributed by atoms with Crippen molar-refractivity contribution >= 4 is 21.6 Å². The second kappa shape index (κ2) is 9.14. The van der Waals surface area contributed by atoms with Gasteiger partial charge in [0.15, 0.2) is 0 Å². The lowest BCUT2D eigenvalue weighted by atomic mass is 10.0. The van der Waals surface area contributed by atoms with Crippen LogP contribution in [0.3, 0.4) is 0 Å². The summed E-state index contributed by atoms with van der Waals surface area (Å²) in [6.07, 6.45) is 0.697. The van der Waals surface area contributed by atoms with Crippen molar-refractivity contribution in [3.8, 4) is 5.75 Å². The first-order valence-corrected chi connectivity index (χ1v) is 12.0. The molecule has 0 atom stereocenters. The number of hydrogen-bond donors (Lipinski definition) is 1. The molecular weight excluding hydrogens is 424 g/mol. The van der Waals surface area contributed by atoms with E-state index in [9.17, 15) is 13.2 Å². The normalized spacial score (nSPS) is 14.1. The number of nitrogens with one attached hydrogen (secondary N) is 1. The maximum Gasteiger partial charge on any atom is 0.255 e. The number of nitrogens with zero attached hydrogens (tertiary/aromatic N) is 1. The Morgan fingerprint density at radius 3 is 2.38 bits per heavy atom. The number of rotatable bonds is 6. The summed E-state index contributed by atoms with van der Waals surface area (Å²) in [4.78, 5) is 13.0. The zero-order chi connectivity index (χ0) is 22.7. The molecule has 0 aliphatic carbocycles. The standard InChI is InChI=1S/C25H26N2O4S/c1-18(2)31-23-12-9-20(10-13-23)25(28)26-22-11-8-19-14-15-27(17-21(19)16-22)32(29,30)24-6-4-3-5-7-24/h3-13,16,18H,14-15,17H2,1-2H3,(H,26,28). The smallest absolute Gasteiger partial charge is 0.255 e. The van der Waals surface area contributed by atoms with Crippen LogP contribution in [0.4, 0.5) is 5.69 Å². The van der Waals surface area contributed by atoms with Crippen LogP contribution in [0.25, 0.3) is 0 Å². The summed E-state index contributed by atoms with van der Waals surface area (Å²) in [5, 5.41) is 2.91. The third kappa shape index (κ3) is 4.84. The number of fused-ring (bicyclic) bond motifs is 1. The van der Waals surface area contributed by atoms with E-state index in [0.717, 1.165) is 11.1 Å². The van der Waals surface area contributed by atoms with Gasteiger partial charge < -0.3 is 10.1 Å². The van der Waals surface area contributed by atoms with Gasteiger partial charge in [-0.25, -0.2) is 8.42 Å². The molecule has 0 fully saturated rings. The van der Waals surface area contributed by atoms with Crippen molar-refractivity contribution in [2.75, 3.05) is 11.9 Å². The van der Waals surface area contributed by atoms with Gasteiger partial charge in [0.2, 0.25) is 10.0 Å². The lowest BCUT2D eigenvalue weighted by Crippen LogP contribution is -2.36. The van der Waals surface area contributed by atoms with Crippen LogP contribution in [0.15, 0.2) is 77.7 Å². The van der Waals surface area contributed by atoms with Crippen molar-refractivity contribution in [2.24, 2.45) is 0 Å². The SMILES string of the molecule is CC(C)Oc1ccc(C(=O)Nc2ccc3c(c2)CN(S(=O)(=O)c2ccccc2)CC3)cc1. The molecule has 32 heavy (non-hydrogen) atoms. The number of hydrogen-bond acceptors (Lipinski definition) is 4. The van der Waals surface area contributed by atoms with Gasteiger partial charge in [-0.15, -0.1) is 0 Å². The molecule has 3 aromatic rings. The Morgan fingerprint density at radius 1 is 0.969 bits per heavy atom. The Morgan fingerprint density at radius 2 is 1.69 bits per heavy atom. The fraction of sp³-hybridized carbons (Fsp3) is 0.240. The molecular formula is C25H26N2O4S. The minimum atomic E-state index is -3.56. The van der Waals surface area contributed by atoms with E-state index < -0.39 is 10.0 Å². The van der Waals surface area contributed by atoms with E-state index in [1.807, 2.05) is 32.0 Å². The highest BCUT2D eigenvalue weighted by Crippen LogP contribution is 2.27. The molecule has 1 aliphatic heterocycles. The van der Waals surface area contributed by atoms with Gasteiger partial charge in [0.25, 0.3) is 5.91 Å². The first-order chi connectivity index (χ1) is 15.3. The quantitative estimate of drug-likeness (QED) is 0.601. The van der Waals surface area contributed by atoms with Gasteiger partial charge in [-0.3, -0.25) is 4.79 Å². The summed E-state index contributed by atoms with van der Waals surface area (Å²) in [6, 6.07) is 21.1. The van der Waals surface area contributed by atoms with Crippen molar-refractivity contribution in [1.29, 1.82) is 0 Å². The molecule has 0 bridgehead atoms. The molecule has 6 nitrogen and oxygen atoms in total. The van der Waals surface area contributed by atoms with Crippen molar-refractivity contribution in [3.63, 3.8) is 0 Å². The van der Waals surface area contributed by atoms with Gasteiger partial charge in [-0.05, 0) is 79.9 Å². The maximum atomic E-state index is 13.0. The molecule has 4 rings (SSSR count). The summed E-state index contributed by atoms with van der Waals surface area (Å²) in [5.41, 5.74) is 3.15. The Hall–Kier alpha value is -3.16. The molecule has 1 amide bonds. The van der Waals surface area contributed by atoms with Crippen LogP contribution in [0, 0.1) is 0 Å². The second-order valence-electron chi connectivity index (χ2n) is 8.03. The predicted octanol–water partition coefficient (Wildman–Crippen LogP) is 4.47. The highest BCUT2D eigenvalue weighted by Gasteiger charge is 2.28. The number of sulfonamides is 1. The molecule has 1 aliphatic rings. The molecule has 1 N–H and O–H groups in total. The molecule has 0 unspecified atom stereocenters. The van der Waals surface area contributed by atoms with E-state index in [0.29, 0.717) is 30.0 Å². The minimum Gasteiger partial charge on any atom is -0.491 e. The second-order valence-corrected chi connectivity index (χ2v) is 9.97. The zero-order valence-electron chi connectivity index (χ0n) is 18.1. The van der Waals surface area contributed by atoms with Crippen molar-refractivity contribution in [2.45, 2.75) is 37.8 Å². The van der Waals surface area contributed by atoms with E-state index in [-0.39, 0.29) is 23.5 Å². The number of benzene rings is 3. The lowest BCUT2D eigenvalue weighted by Gasteiger charge is -2.28. The summed E-state index contributed by atoms with van der Waals surface area (Å²) in [5.74, 6) is 0.482. The Bertz CT molecular complexity index is 1210. The molecule has 1 heterocycles. The van der Waals surface area contributed by atoms with E-state index in [4.69, 9.17) is 4.74 Å². The third-order valence-corrected chi connectivity index (χ3v) is 7.17. The topological polar surface area (TPSA) is 75.7 Å². The van der Waals surface area contributed by atoms with Crippen LogP contribution in [-0.4, -0.2) is 31.3 Å². The van der Waals surface area contributed by atoms with Crippen LogP contribution < -0.4 is 10.1 Å². The van der Waals surface area contributed by atoms with Crippen LogP contribution in [0.1, 0.15) is 35.3 Å². The lowest BCUT2D eigenvalue weighted by molar-refractivity contribution is 0.102. The third-order valence-electron chi connectivity index (χ3n) is 5.31. The highest BCUT2D eigenvalue weighted by atomic mass is 32.2. The molecule has 166 valence electrons. The van der Waals surface area contributed by atoms with Crippen molar-refractivity contribution in [3.05, 3.63) is 89.5 Å². The monoisotopic (exact) mass is 450 g/mol. The van der Waals surface area contributed by atoms with Crippen LogP contribution in [-0.2, 0) is 23.0 Å². The van der Waals surface area contributed by atoms with Crippen LogP contribution in [0.2, 0.25) is 0 Å². The van der Waals surface area contributed by atoms with Gasteiger partial charge in [0.1, 0.15) is 5.75 Å². The fourth-order valence-corrected chi connectivity index (χ4v) is 5.16. The average molecular weight is 451 g/mol. The predicted molar refractivity (Wildman–Crippen MR) is 124 cm³/mol. The Kier molecular flexibility index (Phi) is 6.30. The first kappa shape index (κ1) is 22.0. The molecule has 0 spiro atoms. The minimum absolute atomic E-state index is 0.0652. The average Bonchev–Trinajstić information content (AvgIpc) is 2.79. The van der Waals surface area contributed by atoms with Gasteiger partial charge in [0.05, 0.1) is 11.0 Å². The van der Waals surface area contributed by atoms with E-state index in [1.54, 1.807) is 54.6 Å². The number of anilines is 1. The molecule has 0 saturated carbocycles. The van der Waals surface area contributed by atoms with Gasteiger partial charge in [-0.1, -0.05) is 24.3 Å². The summed E-state index contributed by atoms with van der Waals surface area (Å²) in [6.45, 7) is 4.60. The van der Waals surface area contributed by atoms with E-state index >= 15 is 0 Å². The summed E-state index contributed by atoms with van der Waals surface area (Å²) < 4.78 is 33.1. The largest absolute Gasteiger partial charge is 0.491 e. The maximum absolute atomic E-state index is 13.0. The first-order valence-electron chi connectivity index (χ1n) is 10.6. The molecule has 0 saturated heterocycles. The van der Waals surface area contributed by atoms with Gasteiger partial charge >= 0.3 is 0 Å². The molecule has 3 aromatic carbocycles. The van der Waals surface area contributed by atoms with Crippen LogP contribution in [0.5, 0.6) is 5.75 Å². The molecule has 0 aromatic heterocycles. The number of ether oxygens (including phenoxy) is 1. The van der Waals surface area contributed by atoms with Crippen molar-refractivity contribution in [1.82, 2.24) is 4.31 Å². The summed E-state index contributed by atoms with van der Waals surface area (Å²) >= 11 is 0. The van der Waals surface area contributed by atoms with Crippen LogP contribution >= 0.6 is 0 Å². The van der Waals surface area contributed by atoms with Crippen molar-refractivity contribution < 1.29 is 17.9 Å². The number of carbonyl (C=O) groups is 1. The molecule has 0 radical (unpaired) electrons.